The molecule has 0 aromatic carbocycles. The van der Waals surface area contributed by atoms with Crippen molar-refractivity contribution in [2.75, 3.05) is 7.11 Å². The van der Waals surface area contributed by atoms with Crippen molar-refractivity contribution in [1.29, 1.82) is 0 Å². The van der Waals surface area contributed by atoms with Gasteiger partial charge in [-0.25, -0.2) is 0 Å². The molecule has 0 spiro atoms. The Morgan fingerprint density at radius 2 is 2.31 bits per heavy atom. The summed E-state index contributed by atoms with van der Waals surface area (Å²) in [5, 5.41) is 3.81. The standard InChI is InChI=1S/C10H13NO2/c1-8(9(2)11-12-3)7-10-5-4-6-13-10/h4-7H,1-3H3/b8-7+,11-9+. The molecule has 3 nitrogen and oxygen atoms in total. The van der Waals surface area contributed by atoms with Gasteiger partial charge in [0.05, 0.1) is 12.0 Å². The van der Waals surface area contributed by atoms with E-state index in [1.165, 1.54) is 7.11 Å². The Labute approximate surface area is 77.7 Å². The van der Waals surface area contributed by atoms with Crippen molar-refractivity contribution >= 4 is 11.8 Å². The molecule has 1 rings (SSSR count). The highest BCUT2D eigenvalue weighted by Crippen LogP contribution is 2.08. The molecular formula is C10H13NO2. The van der Waals surface area contributed by atoms with Gasteiger partial charge in [0, 0.05) is 0 Å². The predicted molar refractivity (Wildman–Crippen MR) is 52.5 cm³/mol. The fourth-order valence-corrected chi connectivity index (χ4v) is 0.900. The molecule has 1 aromatic rings. The van der Waals surface area contributed by atoms with Gasteiger partial charge in [0.1, 0.15) is 12.9 Å². The number of rotatable bonds is 3. The van der Waals surface area contributed by atoms with Gasteiger partial charge in [-0.15, -0.1) is 0 Å². The smallest absolute Gasteiger partial charge is 0.126 e. The topological polar surface area (TPSA) is 34.7 Å². The number of nitrogens with zero attached hydrogens (tertiary/aromatic N) is 1. The lowest BCUT2D eigenvalue weighted by Crippen LogP contribution is -1.93. The summed E-state index contributed by atoms with van der Waals surface area (Å²) in [5.74, 6) is 0.822. The Hall–Kier alpha value is -1.51. The van der Waals surface area contributed by atoms with Crippen LogP contribution >= 0.6 is 0 Å². The Balaban J connectivity index is 2.78. The van der Waals surface area contributed by atoms with Crippen molar-refractivity contribution in [3.05, 3.63) is 29.7 Å². The maximum atomic E-state index is 5.16. The molecule has 0 aliphatic carbocycles. The van der Waals surface area contributed by atoms with E-state index in [4.69, 9.17) is 4.42 Å². The highest BCUT2D eigenvalue weighted by Gasteiger charge is 1.97. The molecule has 0 bridgehead atoms. The summed E-state index contributed by atoms with van der Waals surface area (Å²) in [4.78, 5) is 4.66. The number of furan rings is 1. The molecule has 3 heteroatoms. The summed E-state index contributed by atoms with van der Waals surface area (Å²) in [6.45, 7) is 3.85. The van der Waals surface area contributed by atoms with Gasteiger partial charge in [0.15, 0.2) is 0 Å². The van der Waals surface area contributed by atoms with Gasteiger partial charge in [-0.05, 0) is 37.6 Å². The fourth-order valence-electron chi connectivity index (χ4n) is 0.900. The summed E-state index contributed by atoms with van der Waals surface area (Å²) in [6.07, 6.45) is 3.56. The predicted octanol–water partition coefficient (Wildman–Crippen LogP) is 2.71. The van der Waals surface area contributed by atoms with Gasteiger partial charge in [-0.3, -0.25) is 0 Å². The van der Waals surface area contributed by atoms with E-state index in [9.17, 15) is 0 Å². The maximum Gasteiger partial charge on any atom is 0.126 e. The molecule has 0 atom stereocenters. The van der Waals surface area contributed by atoms with E-state index in [0.717, 1.165) is 17.0 Å². The van der Waals surface area contributed by atoms with E-state index >= 15 is 0 Å². The van der Waals surface area contributed by atoms with Crippen LogP contribution in [0.4, 0.5) is 0 Å². The Kier molecular flexibility index (Phi) is 3.31. The second kappa shape index (κ2) is 4.50. The van der Waals surface area contributed by atoms with Crippen LogP contribution in [-0.2, 0) is 4.84 Å². The van der Waals surface area contributed by atoms with E-state index in [1.54, 1.807) is 6.26 Å². The normalized spacial score (nSPS) is 13.2. The third-order valence-electron chi connectivity index (χ3n) is 1.70. The van der Waals surface area contributed by atoms with Crippen LogP contribution in [0, 0.1) is 0 Å². The first kappa shape index (κ1) is 9.58. The Bertz CT molecular complexity index is 310. The average molecular weight is 179 g/mol. The molecule has 0 saturated heterocycles. The Morgan fingerprint density at radius 3 is 2.85 bits per heavy atom. The number of oxime groups is 1. The lowest BCUT2D eigenvalue weighted by molar-refractivity contribution is 0.213. The van der Waals surface area contributed by atoms with E-state index in [-0.39, 0.29) is 0 Å². The van der Waals surface area contributed by atoms with Crippen molar-refractivity contribution in [2.45, 2.75) is 13.8 Å². The molecule has 0 fully saturated rings. The summed E-state index contributed by atoms with van der Waals surface area (Å²) in [7, 11) is 1.53. The van der Waals surface area contributed by atoms with Crippen molar-refractivity contribution in [2.24, 2.45) is 5.16 Å². The zero-order valence-corrected chi connectivity index (χ0v) is 8.07. The zero-order chi connectivity index (χ0) is 9.68. The molecule has 0 saturated carbocycles. The van der Waals surface area contributed by atoms with Gasteiger partial charge in [0.2, 0.25) is 0 Å². The number of hydrogen-bond acceptors (Lipinski definition) is 3. The first-order valence-corrected chi connectivity index (χ1v) is 4.04. The van der Waals surface area contributed by atoms with Gasteiger partial charge >= 0.3 is 0 Å². The zero-order valence-electron chi connectivity index (χ0n) is 8.07. The third kappa shape index (κ3) is 2.78. The molecule has 13 heavy (non-hydrogen) atoms. The minimum atomic E-state index is 0.822. The van der Waals surface area contributed by atoms with Crippen molar-refractivity contribution < 1.29 is 9.25 Å². The first-order valence-electron chi connectivity index (χ1n) is 4.04. The second-order valence-electron chi connectivity index (χ2n) is 2.70. The van der Waals surface area contributed by atoms with Crippen LogP contribution in [0.1, 0.15) is 19.6 Å². The third-order valence-corrected chi connectivity index (χ3v) is 1.70. The lowest BCUT2D eigenvalue weighted by atomic mass is 10.2. The molecule has 0 aliphatic heterocycles. The molecular weight excluding hydrogens is 166 g/mol. The van der Waals surface area contributed by atoms with E-state index < -0.39 is 0 Å². The SMILES string of the molecule is CO/N=C(C)/C(C)=C/c1ccco1. The van der Waals surface area contributed by atoms with Gasteiger partial charge in [-0.2, -0.15) is 0 Å². The molecule has 1 aromatic heterocycles. The van der Waals surface area contributed by atoms with Crippen molar-refractivity contribution in [3.8, 4) is 0 Å². The highest BCUT2D eigenvalue weighted by atomic mass is 16.6. The average Bonchev–Trinajstić information content (AvgIpc) is 2.57. The minimum absolute atomic E-state index is 0.822. The maximum absolute atomic E-state index is 5.16. The van der Waals surface area contributed by atoms with Crippen LogP contribution in [-0.4, -0.2) is 12.8 Å². The number of hydrogen-bond donors (Lipinski definition) is 0. The highest BCUT2D eigenvalue weighted by molar-refractivity contribution is 6.00. The van der Waals surface area contributed by atoms with Crippen LogP contribution < -0.4 is 0 Å². The molecule has 70 valence electrons. The summed E-state index contributed by atoms with van der Waals surface area (Å²) in [6, 6.07) is 3.74. The quantitative estimate of drug-likeness (QED) is 0.528. The van der Waals surface area contributed by atoms with Crippen LogP contribution in [0.2, 0.25) is 0 Å². The molecule has 0 aliphatic rings. The van der Waals surface area contributed by atoms with Crippen LogP contribution in [0.3, 0.4) is 0 Å². The largest absolute Gasteiger partial charge is 0.465 e. The summed E-state index contributed by atoms with van der Waals surface area (Å²) in [5.41, 5.74) is 1.87. The van der Waals surface area contributed by atoms with Crippen LogP contribution in [0.25, 0.3) is 6.08 Å². The van der Waals surface area contributed by atoms with Crippen molar-refractivity contribution in [1.82, 2.24) is 0 Å². The lowest BCUT2D eigenvalue weighted by Gasteiger charge is -1.97. The summed E-state index contributed by atoms with van der Waals surface area (Å²) < 4.78 is 5.16. The Morgan fingerprint density at radius 1 is 1.54 bits per heavy atom. The van der Waals surface area contributed by atoms with Gasteiger partial charge < -0.3 is 9.25 Å². The molecule has 0 amide bonds. The van der Waals surface area contributed by atoms with Gasteiger partial charge in [0.25, 0.3) is 0 Å². The second-order valence-corrected chi connectivity index (χ2v) is 2.70. The fraction of sp³-hybridized carbons (Fsp3) is 0.300. The molecule has 1 heterocycles. The van der Waals surface area contributed by atoms with Crippen LogP contribution in [0.15, 0.2) is 33.5 Å². The van der Waals surface area contributed by atoms with Gasteiger partial charge in [-0.1, -0.05) is 5.16 Å². The van der Waals surface area contributed by atoms with Crippen LogP contribution in [0.5, 0.6) is 0 Å². The molecule has 0 N–H and O–H groups in total. The van der Waals surface area contributed by atoms with E-state index in [0.29, 0.717) is 0 Å². The first-order chi connectivity index (χ1) is 6.24. The van der Waals surface area contributed by atoms with Crippen molar-refractivity contribution in [3.63, 3.8) is 0 Å². The molecule has 0 unspecified atom stereocenters. The van der Waals surface area contributed by atoms with E-state index in [2.05, 4.69) is 9.99 Å². The molecule has 0 radical (unpaired) electrons. The number of allylic oxidation sites excluding steroid dienone is 1. The van der Waals surface area contributed by atoms with E-state index in [1.807, 2.05) is 32.1 Å². The summed E-state index contributed by atoms with van der Waals surface area (Å²) >= 11 is 0. The minimum Gasteiger partial charge on any atom is -0.465 e. The monoisotopic (exact) mass is 179 g/mol.